The molecule has 0 aliphatic rings. The third-order valence-corrected chi connectivity index (χ3v) is 3.94. The predicted molar refractivity (Wildman–Crippen MR) is 81.4 cm³/mol. The zero-order chi connectivity index (χ0) is 14.6. The third kappa shape index (κ3) is 4.93. The first-order valence-electron chi connectivity index (χ1n) is 6.62. The summed E-state index contributed by atoms with van der Waals surface area (Å²) in [5.74, 6) is 0.0384. The molecule has 1 amide bonds. The highest BCUT2D eigenvalue weighted by molar-refractivity contribution is 7.12. The molecule has 108 valence electrons. The van der Waals surface area contributed by atoms with Crippen molar-refractivity contribution in [3.8, 4) is 0 Å². The third-order valence-electron chi connectivity index (χ3n) is 2.87. The fraction of sp³-hybridized carbons (Fsp3) is 0.643. The lowest BCUT2D eigenvalue weighted by Gasteiger charge is -2.30. The van der Waals surface area contributed by atoms with Gasteiger partial charge in [0.15, 0.2) is 0 Å². The van der Waals surface area contributed by atoms with Crippen molar-refractivity contribution in [1.29, 1.82) is 0 Å². The van der Waals surface area contributed by atoms with Crippen molar-refractivity contribution in [3.05, 3.63) is 21.9 Å². The van der Waals surface area contributed by atoms with Crippen LogP contribution in [-0.2, 0) is 4.79 Å². The van der Waals surface area contributed by atoms with Crippen molar-refractivity contribution in [2.75, 3.05) is 13.6 Å². The highest BCUT2D eigenvalue weighted by Gasteiger charge is 2.24. The fourth-order valence-corrected chi connectivity index (χ4v) is 3.34. The minimum Gasteiger partial charge on any atom is -0.353 e. The number of nitrogens with zero attached hydrogens (tertiary/aromatic N) is 1. The average molecular weight is 283 g/mol. The van der Waals surface area contributed by atoms with Gasteiger partial charge in [-0.1, -0.05) is 0 Å². The van der Waals surface area contributed by atoms with Crippen LogP contribution in [0.15, 0.2) is 12.1 Å². The lowest BCUT2D eigenvalue weighted by Crippen LogP contribution is -2.43. The molecule has 4 nitrogen and oxygen atoms in total. The van der Waals surface area contributed by atoms with E-state index in [-0.39, 0.29) is 24.0 Å². The van der Waals surface area contributed by atoms with Crippen molar-refractivity contribution in [2.24, 2.45) is 5.73 Å². The van der Waals surface area contributed by atoms with Crippen LogP contribution in [0.25, 0.3) is 0 Å². The van der Waals surface area contributed by atoms with Gasteiger partial charge in [0.05, 0.1) is 12.6 Å². The first-order valence-corrected chi connectivity index (χ1v) is 7.44. The van der Waals surface area contributed by atoms with Crippen molar-refractivity contribution < 1.29 is 4.79 Å². The molecule has 0 fully saturated rings. The standard InChI is InChI=1S/C14H25N3OS/c1-9(2)16-13(18)8-17(5)14(11(4)15)12-7-6-10(3)19-12/h6-7,9,11,14H,8,15H2,1-5H3,(H,16,18). The summed E-state index contributed by atoms with van der Waals surface area (Å²) in [6, 6.07) is 4.42. The maximum absolute atomic E-state index is 11.8. The van der Waals surface area contributed by atoms with Gasteiger partial charge in [0.1, 0.15) is 0 Å². The molecule has 0 aromatic carbocycles. The van der Waals surface area contributed by atoms with Gasteiger partial charge in [0, 0.05) is 21.8 Å². The Labute approximate surface area is 120 Å². The molecule has 0 bridgehead atoms. The molecule has 0 spiro atoms. The van der Waals surface area contributed by atoms with E-state index in [9.17, 15) is 4.79 Å². The predicted octanol–water partition coefficient (Wildman–Crippen LogP) is 1.90. The van der Waals surface area contributed by atoms with Gasteiger partial charge < -0.3 is 11.1 Å². The summed E-state index contributed by atoms with van der Waals surface area (Å²) in [6.07, 6.45) is 0. The van der Waals surface area contributed by atoms with Crippen LogP contribution in [0.5, 0.6) is 0 Å². The largest absolute Gasteiger partial charge is 0.353 e. The van der Waals surface area contributed by atoms with E-state index in [1.54, 1.807) is 11.3 Å². The molecule has 19 heavy (non-hydrogen) atoms. The van der Waals surface area contributed by atoms with Crippen LogP contribution in [0.4, 0.5) is 0 Å². The maximum Gasteiger partial charge on any atom is 0.234 e. The van der Waals surface area contributed by atoms with Gasteiger partial charge in [-0.2, -0.15) is 0 Å². The normalized spacial score (nSPS) is 14.7. The van der Waals surface area contributed by atoms with Gasteiger partial charge in [-0.15, -0.1) is 11.3 Å². The number of likely N-dealkylation sites (N-methyl/N-ethyl adjacent to an activating group) is 1. The molecule has 2 atom stereocenters. The van der Waals surface area contributed by atoms with E-state index in [1.165, 1.54) is 9.75 Å². The summed E-state index contributed by atoms with van der Waals surface area (Å²) in [5.41, 5.74) is 6.09. The summed E-state index contributed by atoms with van der Waals surface area (Å²) in [5, 5.41) is 2.91. The SMILES string of the molecule is Cc1ccc(C(C(C)N)N(C)CC(=O)NC(C)C)s1. The van der Waals surface area contributed by atoms with E-state index in [4.69, 9.17) is 5.73 Å². The van der Waals surface area contributed by atoms with E-state index in [1.807, 2.05) is 32.7 Å². The molecular formula is C14H25N3OS. The van der Waals surface area contributed by atoms with Crippen LogP contribution in [0.2, 0.25) is 0 Å². The summed E-state index contributed by atoms with van der Waals surface area (Å²) >= 11 is 1.74. The first-order chi connectivity index (χ1) is 8.81. The maximum atomic E-state index is 11.8. The summed E-state index contributed by atoms with van der Waals surface area (Å²) in [6.45, 7) is 8.35. The van der Waals surface area contributed by atoms with E-state index in [0.717, 1.165) is 0 Å². The number of carbonyl (C=O) groups excluding carboxylic acids is 1. The number of nitrogens with two attached hydrogens (primary N) is 1. The van der Waals surface area contributed by atoms with Gasteiger partial charge in [-0.05, 0) is 46.9 Å². The molecule has 1 rings (SSSR count). The molecule has 5 heteroatoms. The Balaban J connectivity index is 2.74. The molecule has 2 unspecified atom stereocenters. The Morgan fingerprint density at radius 1 is 1.42 bits per heavy atom. The first kappa shape index (κ1) is 16.1. The van der Waals surface area contributed by atoms with Crippen LogP contribution in [-0.4, -0.2) is 36.5 Å². The molecule has 0 aliphatic carbocycles. The number of thiophene rings is 1. The smallest absolute Gasteiger partial charge is 0.234 e. The lowest BCUT2D eigenvalue weighted by atomic mass is 10.1. The lowest BCUT2D eigenvalue weighted by molar-refractivity contribution is -0.123. The van der Waals surface area contributed by atoms with Gasteiger partial charge in [-0.25, -0.2) is 0 Å². The Bertz CT molecular complexity index is 415. The van der Waals surface area contributed by atoms with Crippen LogP contribution in [0.1, 0.15) is 36.6 Å². The Hall–Kier alpha value is -0.910. The van der Waals surface area contributed by atoms with Gasteiger partial charge >= 0.3 is 0 Å². The topological polar surface area (TPSA) is 58.4 Å². The van der Waals surface area contributed by atoms with E-state index in [2.05, 4.69) is 24.4 Å². The molecule has 1 aromatic rings. The van der Waals surface area contributed by atoms with Crippen LogP contribution in [0, 0.1) is 6.92 Å². The molecule has 0 saturated carbocycles. The second kappa shape index (κ2) is 7.03. The van der Waals surface area contributed by atoms with Crippen LogP contribution in [0.3, 0.4) is 0 Å². The number of nitrogens with one attached hydrogen (secondary N) is 1. The zero-order valence-electron chi connectivity index (χ0n) is 12.4. The number of aryl methyl sites for hydroxylation is 1. The summed E-state index contributed by atoms with van der Waals surface area (Å²) in [4.78, 5) is 16.3. The fourth-order valence-electron chi connectivity index (χ4n) is 2.18. The van der Waals surface area contributed by atoms with Crippen molar-refractivity contribution >= 4 is 17.2 Å². The van der Waals surface area contributed by atoms with Crippen molar-refractivity contribution in [2.45, 2.75) is 45.8 Å². The van der Waals surface area contributed by atoms with Gasteiger partial charge in [-0.3, -0.25) is 9.69 Å². The molecule has 0 radical (unpaired) electrons. The highest BCUT2D eigenvalue weighted by atomic mass is 32.1. The average Bonchev–Trinajstić information content (AvgIpc) is 2.62. The van der Waals surface area contributed by atoms with E-state index >= 15 is 0 Å². The van der Waals surface area contributed by atoms with E-state index < -0.39 is 0 Å². The van der Waals surface area contributed by atoms with Gasteiger partial charge in [0.25, 0.3) is 0 Å². The monoisotopic (exact) mass is 283 g/mol. The van der Waals surface area contributed by atoms with Crippen LogP contribution < -0.4 is 11.1 Å². The van der Waals surface area contributed by atoms with Gasteiger partial charge in [0.2, 0.25) is 5.91 Å². The quantitative estimate of drug-likeness (QED) is 0.838. The second-order valence-electron chi connectivity index (χ2n) is 5.39. The number of amides is 1. The number of hydrogen-bond donors (Lipinski definition) is 2. The molecule has 1 heterocycles. The molecular weight excluding hydrogens is 258 g/mol. The zero-order valence-corrected chi connectivity index (χ0v) is 13.3. The number of carbonyl (C=O) groups is 1. The molecule has 0 aliphatic heterocycles. The van der Waals surface area contributed by atoms with E-state index in [0.29, 0.717) is 6.54 Å². The molecule has 1 aromatic heterocycles. The number of hydrogen-bond acceptors (Lipinski definition) is 4. The Morgan fingerprint density at radius 3 is 2.47 bits per heavy atom. The van der Waals surface area contributed by atoms with Crippen molar-refractivity contribution in [1.82, 2.24) is 10.2 Å². The Kier molecular flexibility index (Phi) is 5.97. The summed E-state index contributed by atoms with van der Waals surface area (Å²) < 4.78 is 0. The summed E-state index contributed by atoms with van der Waals surface area (Å²) in [7, 11) is 1.95. The highest BCUT2D eigenvalue weighted by Crippen LogP contribution is 2.28. The van der Waals surface area contributed by atoms with Crippen molar-refractivity contribution in [3.63, 3.8) is 0 Å². The Morgan fingerprint density at radius 2 is 2.05 bits per heavy atom. The molecule has 0 saturated heterocycles. The van der Waals surface area contributed by atoms with Crippen LogP contribution >= 0.6 is 11.3 Å². The second-order valence-corrected chi connectivity index (χ2v) is 6.71. The molecule has 3 N–H and O–H groups in total. The minimum atomic E-state index is -0.0186. The minimum absolute atomic E-state index is 0.0186. The number of rotatable bonds is 6.